The van der Waals surface area contributed by atoms with E-state index in [1.54, 1.807) is 31.2 Å². The Kier molecular flexibility index (Phi) is 3.32. The number of nitrogens with one attached hydrogen (secondary N) is 1. The van der Waals surface area contributed by atoms with Gasteiger partial charge in [-0.25, -0.2) is 4.79 Å². The molecule has 1 amide bonds. The van der Waals surface area contributed by atoms with Crippen molar-refractivity contribution in [2.45, 2.75) is 12.3 Å². The van der Waals surface area contributed by atoms with Gasteiger partial charge in [0.25, 0.3) is 0 Å². The average Bonchev–Trinajstić information content (AvgIpc) is 3.10. The lowest BCUT2D eigenvalue weighted by molar-refractivity contribution is -0.118. The van der Waals surface area contributed by atoms with Crippen LogP contribution in [0.2, 0.25) is 0 Å². The number of para-hydroxylation sites is 1. The number of methoxy groups -OCH3 is 1. The number of nitrogens with zero attached hydrogens (tertiary/aromatic N) is 1. The molecular formula is C18H13N3O4S. The fourth-order valence-corrected chi connectivity index (χ4v) is 4.81. The summed E-state index contributed by atoms with van der Waals surface area (Å²) >= 11 is 1.22. The molecule has 0 saturated heterocycles. The molecule has 2 aromatic rings. The summed E-state index contributed by atoms with van der Waals surface area (Å²) in [5.74, 6) is -1.02. The van der Waals surface area contributed by atoms with Gasteiger partial charge in [0, 0.05) is 16.1 Å². The summed E-state index contributed by atoms with van der Waals surface area (Å²) in [6, 6.07) is 9.12. The standard InChI is InChI=1S/C18H13N3O4S/c1-8-12(16(22)24-2)13-14(26-8)18(10(7-19)15(20)25-13)9-5-3-4-6-11(9)21-17(18)23/h3-6H,20H2,1-2H3,(H,21,23). The van der Waals surface area contributed by atoms with Crippen LogP contribution in [0.25, 0.3) is 0 Å². The monoisotopic (exact) mass is 367 g/mol. The first-order valence-electron chi connectivity index (χ1n) is 7.68. The topological polar surface area (TPSA) is 114 Å². The van der Waals surface area contributed by atoms with Crippen LogP contribution in [-0.2, 0) is 14.9 Å². The number of hydrogen-bond acceptors (Lipinski definition) is 7. The number of carbonyl (C=O) groups excluding carboxylic acids is 2. The summed E-state index contributed by atoms with van der Waals surface area (Å²) in [6.45, 7) is 1.73. The van der Waals surface area contributed by atoms with Crippen LogP contribution >= 0.6 is 11.3 Å². The number of fused-ring (bicyclic) bond motifs is 4. The molecule has 3 N–H and O–H groups in total. The second kappa shape index (κ2) is 5.34. The van der Waals surface area contributed by atoms with Gasteiger partial charge in [0.2, 0.25) is 11.8 Å². The molecule has 0 fully saturated rings. The number of carbonyl (C=O) groups is 2. The van der Waals surface area contributed by atoms with E-state index in [2.05, 4.69) is 5.32 Å². The molecule has 3 heterocycles. The van der Waals surface area contributed by atoms with Crippen LogP contribution in [-0.4, -0.2) is 19.0 Å². The van der Waals surface area contributed by atoms with Crippen LogP contribution < -0.4 is 15.8 Å². The Morgan fingerprint density at radius 2 is 2.15 bits per heavy atom. The summed E-state index contributed by atoms with van der Waals surface area (Å²) in [5.41, 5.74) is 5.98. The number of amides is 1. The molecule has 1 unspecified atom stereocenters. The average molecular weight is 367 g/mol. The fourth-order valence-electron chi connectivity index (χ4n) is 3.54. The van der Waals surface area contributed by atoms with Gasteiger partial charge in [-0.1, -0.05) is 18.2 Å². The predicted molar refractivity (Wildman–Crippen MR) is 93.7 cm³/mol. The van der Waals surface area contributed by atoms with E-state index in [0.29, 0.717) is 21.0 Å². The van der Waals surface area contributed by atoms with E-state index in [0.717, 1.165) is 0 Å². The van der Waals surface area contributed by atoms with Crippen molar-refractivity contribution in [1.82, 2.24) is 0 Å². The minimum atomic E-state index is -1.44. The van der Waals surface area contributed by atoms with Crippen molar-refractivity contribution >= 4 is 28.9 Å². The summed E-state index contributed by atoms with van der Waals surface area (Å²) in [7, 11) is 1.27. The summed E-state index contributed by atoms with van der Waals surface area (Å²) in [4.78, 5) is 26.4. The van der Waals surface area contributed by atoms with Crippen LogP contribution in [0.1, 0.15) is 25.7 Å². The largest absolute Gasteiger partial charge is 0.465 e. The SMILES string of the molecule is COC(=O)c1c(C)sc2c1OC(N)=C(C#N)C21C(=O)Nc2ccccc21. The van der Waals surface area contributed by atoms with Gasteiger partial charge in [-0.15, -0.1) is 11.3 Å². The smallest absolute Gasteiger partial charge is 0.342 e. The molecule has 0 radical (unpaired) electrons. The molecule has 2 aliphatic rings. The second-order valence-electron chi connectivity index (χ2n) is 5.89. The molecule has 1 atom stereocenters. The molecule has 4 rings (SSSR count). The Hall–Kier alpha value is -3.31. The zero-order valence-corrected chi connectivity index (χ0v) is 14.7. The van der Waals surface area contributed by atoms with E-state index in [4.69, 9.17) is 15.2 Å². The number of aryl methyl sites for hydroxylation is 1. The van der Waals surface area contributed by atoms with E-state index in [-0.39, 0.29) is 22.8 Å². The van der Waals surface area contributed by atoms with E-state index < -0.39 is 17.3 Å². The van der Waals surface area contributed by atoms with Gasteiger partial charge in [0.15, 0.2) is 11.2 Å². The maximum atomic E-state index is 13.1. The maximum Gasteiger partial charge on any atom is 0.342 e. The molecule has 0 bridgehead atoms. The van der Waals surface area contributed by atoms with Crippen LogP contribution in [0.4, 0.5) is 5.69 Å². The Labute approximate surface area is 152 Å². The van der Waals surface area contributed by atoms with Crippen molar-refractivity contribution in [1.29, 1.82) is 5.26 Å². The van der Waals surface area contributed by atoms with Gasteiger partial charge >= 0.3 is 5.97 Å². The predicted octanol–water partition coefficient (Wildman–Crippen LogP) is 2.17. The summed E-state index contributed by atoms with van der Waals surface area (Å²) in [6.07, 6.45) is 0. The number of esters is 1. The molecule has 2 aliphatic heterocycles. The molecule has 7 nitrogen and oxygen atoms in total. The van der Waals surface area contributed by atoms with Crippen molar-refractivity contribution in [2.24, 2.45) is 5.73 Å². The molecule has 130 valence electrons. The van der Waals surface area contributed by atoms with Crippen LogP contribution in [0, 0.1) is 18.3 Å². The first kappa shape index (κ1) is 16.2. The summed E-state index contributed by atoms with van der Waals surface area (Å²) in [5, 5.41) is 12.6. The number of nitriles is 1. The lowest BCUT2D eigenvalue weighted by atomic mass is 9.72. The zero-order valence-electron chi connectivity index (χ0n) is 13.9. The number of nitrogens with two attached hydrogens (primary N) is 1. The minimum absolute atomic E-state index is 0.00474. The van der Waals surface area contributed by atoms with Crippen LogP contribution in [0.15, 0.2) is 35.7 Å². The third-order valence-electron chi connectivity index (χ3n) is 4.64. The first-order valence-corrected chi connectivity index (χ1v) is 8.49. The van der Waals surface area contributed by atoms with Crippen LogP contribution in [0.3, 0.4) is 0 Å². The molecule has 1 spiro atoms. The van der Waals surface area contributed by atoms with Crippen molar-refractivity contribution < 1.29 is 19.1 Å². The maximum absolute atomic E-state index is 13.1. The highest BCUT2D eigenvalue weighted by atomic mass is 32.1. The van der Waals surface area contributed by atoms with Crippen molar-refractivity contribution in [2.75, 3.05) is 12.4 Å². The highest BCUT2D eigenvalue weighted by Crippen LogP contribution is 2.57. The number of benzene rings is 1. The van der Waals surface area contributed by atoms with E-state index >= 15 is 0 Å². The molecule has 1 aromatic heterocycles. The van der Waals surface area contributed by atoms with E-state index in [1.807, 2.05) is 6.07 Å². The molecular weight excluding hydrogens is 354 g/mol. The van der Waals surface area contributed by atoms with Crippen LogP contribution in [0.5, 0.6) is 5.75 Å². The fraction of sp³-hybridized carbons (Fsp3) is 0.167. The van der Waals surface area contributed by atoms with Gasteiger partial charge in [-0.3, -0.25) is 4.79 Å². The van der Waals surface area contributed by atoms with E-state index in [1.165, 1.54) is 18.4 Å². The van der Waals surface area contributed by atoms with Gasteiger partial charge in [0.1, 0.15) is 17.2 Å². The Balaban J connectivity index is 2.13. The second-order valence-corrected chi connectivity index (χ2v) is 7.11. The lowest BCUT2D eigenvalue weighted by Crippen LogP contribution is -2.41. The lowest BCUT2D eigenvalue weighted by Gasteiger charge is -2.31. The first-order chi connectivity index (χ1) is 12.5. The van der Waals surface area contributed by atoms with Gasteiger partial charge in [-0.2, -0.15) is 5.26 Å². The number of hydrogen-bond donors (Lipinski definition) is 2. The minimum Gasteiger partial charge on any atom is -0.465 e. The van der Waals surface area contributed by atoms with Gasteiger partial charge in [-0.05, 0) is 13.0 Å². The van der Waals surface area contributed by atoms with Crippen molar-refractivity contribution in [3.63, 3.8) is 0 Å². The number of anilines is 1. The molecule has 0 aliphatic carbocycles. The van der Waals surface area contributed by atoms with Crippen molar-refractivity contribution in [3.05, 3.63) is 56.6 Å². The third kappa shape index (κ3) is 1.75. The van der Waals surface area contributed by atoms with Gasteiger partial charge < -0.3 is 20.5 Å². The molecule has 0 saturated carbocycles. The normalized spacial score (nSPS) is 20.1. The highest BCUT2D eigenvalue weighted by molar-refractivity contribution is 7.13. The molecule has 1 aromatic carbocycles. The van der Waals surface area contributed by atoms with Crippen molar-refractivity contribution in [3.8, 4) is 11.8 Å². The van der Waals surface area contributed by atoms with E-state index in [9.17, 15) is 14.9 Å². The molecule has 8 heteroatoms. The Bertz CT molecular complexity index is 1060. The quantitative estimate of drug-likeness (QED) is 0.747. The zero-order chi connectivity index (χ0) is 18.6. The number of ether oxygens (including phenoxy) is 2. The Morgan fingerprint density at radius 1 is 1.42 bits per heavy atom. The third-order valence-corrected chi connectivity index (χ3v) is 5.84. The number of rotatable bonds is 1. The highest BCUT2D eigenvalue weighted by Gasteiger charge is 2.58. The van der Waals surface area contributed by atoms with Gasteiger partial charge in [0.05, 0.1) is 12.0 Å². The Morgan fingerprint density at radius 3 is 2.85 bits per heavy atom. The summed E-state index contributed by atoms with van der Waals surface area (Å²) < 4.78 is 10.5. The number of thiophene rings is 1. The molecule has 26 heavy (non-hydrogen) atoms.